The van der Waals surface area contributed by atoms with E-state index in [1.54, 1.807) is 12.3 Å². The number of nitriles is 1. The molecule has 128 valence electrons. The van der Waals surface area contributed by atoms with E-state index in [2.05, 4.69) is 32.0 Å². The molecule has 0 aliphatic heterocycles. The van der Waals surface area contributed by atoms with Crippen LogP contribution >= 0.6 is 0 Å². The van der Waals surface area contributed by atoms with E-state index in [1.807, 2.05) is 13.1 Å². The maximum atomic E-state index is 10.9. The Labute approximate surface area is 143 Å². The Kier molecular flexibility index (Phi) is 6.19. The fourth-order valence-corrected chi connectivity index (χ4v) is 3.05. The van der Waals surface area contributed by atoms with E-state index in [0.717, 1.165) is 37.8 Å². The molecule has 0 radical (unpaired) electrons. The first kappa shape index (κ1) is 18.3. The normalized spacial score (nSPS) is 20.5. The van der Waals surface area contributed by atoms with Gasteiger partial charge in [-0.2, -0.15) is 13.7 Å². The van der Waals surface area contributed by atoms with Crippen LogP contribution in [-0.2, 0) is 14.3 Å². The summed E-state index contributed by atoms with van der Waals surface area (Å²) >= 11 is 0. The average molecular weight is 347 g/mol. The van der Waals surface area contributed by atoms with Gasteiger partial charge in [0.1, 0.15) is 18.5 Å². The second kappa shape index (κ2) is 8.14. The van der Waals surface area contributed by atoms with Gasteiger partial charge in [0, 0.05) is 25.2 Å². The molecule has 2 rings (SSSR count). The van der Waals surface area contributed by atoms with Crippen LogP contribution in [0.25, 0.3) is 0 Å². The predicted octanol–water partition coefficient (Wildman–Crippen LogP) is 1.93. The van der Waals surface area contributed by atoms with Crippen molar-refractivity contribution in [2.75, 3.05) is 24.8 Å². The van der Waals surface area contributed by atoms with Gasteiger partial charge in [-0.3, -0.25) is 4.18 Å². The number of nitrogens with zero attached hydrogens (tertiary/aromatic N) is 3. The van der Waals surface area contributed by atoms with Gasteiger partial charge in [-0.15, -0.1) is 0 Å². The highest BCUT2D eigenvalue weighted by molar-refractivity contribution is 7.86. The van der Waals surface area contributed by atoms with Crippen LogP contribution in [0.5, 0.6) is 0 Å². The quantitative estimate of drug-likeness (QED) is 0.611. The van der Waals surface area contributed by atoms with Crippen LogP contribution in [0.4, 0.5) is 5.82 Å². The van der Waals surface area contributed by atoms with Gasteiger partial charge in [-0.25, -0.2) is 4.98 Å². The third kappa shape index (κ3) is 5.52. The molecule has 1 aromatic rings. The topological polar surface area (TPSA) is 83.3 Å². The first-order valence-corrected chi connectivity index (χ1v) is 9.62. The molecule has 0 amide bonds. The van der Waals surface area contributed by atoms with Crippen LogP contribution in [-0.4, -0.2) is 39.4 Å². The summed E-state index contributed by atoms with van der Waals surface area (Å²) in [6, 6.07) is 6.11. The van der Waals surface area contributed by atoms with E-state index in [4.69, 9.17) is 5.26 Å². The minimum absolute atomic E-state index is 0.0756. The maximum absolute atomic E-state index is 10.9. The molecule has 0 saturated heterocycles. The van der Waals surface area contributed by atoms with Crippen molar-refractivity contribution in [3.63, 3.8) is 0 Å². The lowest BCUT2D eigenvalue weighted by atomic mass is 9.86. The van der Waals surface area contributed by atoms with Gasteiger partial charge in [-0.1, -0.05) is 11.8 Å². The summed E-state index contributed by atoms with van der Waals surface area (Å²) < 4.78 is 26.3. The molecule has 0 aromatic carbocycles. The first-order valence-electron chi connectivity index (χ1n) is 7.81. The molecule has 1 fully saturated rings. The van der Waals surface area contributed by atoms with Crippen LogP contribution in [0.15, 0.2) is 18.3 Å². The highest BCUT2D eigenvalue weighted by Crippen LogP contribution is 2.28. The average Bonchev–Trinajstić information content (AvgIpc) is 2.58. The van der Waals surface area contributed by atoms with Gasteiger partial charge in [-0.05, 0) is 37.8 Å². The smallest absolute Gasteiger partial charge is 0.265 e. The predicted molar refractivity (Wildman–Crippen MR) is 91.7 cm³/mol. The lowest BCUT2D eigenvalue weighted by Gasteiger charge is -2.34. The van der Waals surface area contributed by atoms with Crippen LogP contribution < -0.4 is 4.90 Å². The monoisotopic (exact) mass is 347 g/mol. The lowest BCUT2D eigenvalue weighted by molar-refractivity contribution is 0.362. The van der Waals surface area contributed by atoms with E-state index in [1.165, 1.54) is 0 Å². The largest absolute Gasteiger partial charge is 0.357 e. The van der Waals surface area contributed by atoms with Crippen molar-refractivity contribution in [2.45, 2.75) is 31.7 Å². The summed E-state index contributed by atoms with van der Waals surface area (Å²) in [4.78, 5) is 6.48. The first-order chi connectivity index (χ1) is 11.4. The Morgan fingerprint density at radius 3 is 2.58 bits per heavy atom. The summed E-state index contributed by atoms with van der Waals surface area (Å²) in [5.41, 5.74) is 0.558. The van der Waals surface area contributed by atoms with Crippen molar-refractivity contribution in [2.24, 2.45) is 5.92 Å². The number of hydrogen-bond acceptors (Lipinski definition) is 6. The van der Waals surface area contributed by atoms with Crippen LogP contribution in [0.1, 0.15) is 31.2 Å². The molecular weight excluding hydrogens is 326 g/mol. The van der Waals surface area contributed by atoms with Crippen LogP contribution in [0.3, 0.4) is 0 Å². The molecule has 0 spiro atoms. The Morgan fingerprint density at radius 1 is 1.33 bits per heavy atom. The number of hydrogen-bond donors (Lipinski definition) is 0. The van der Waals surface area contributed by atoms with Crippen molar-refractivity contribution in [3.05, 3.63) is 23.9 Å². The Balaban J connectivity index is 1.83. The molecule has 1 aliphatic rings. The molecule has 0 unspecified atom stereocenters. The fraction of sp³-hybridized carbons (Fsp3) is 0.529. The third-order valence-electron chi connectivity index (χ3n) is 4.13. The summed E-state index contributed by atoms with van der Waals surface area (Å²) in [6.07, 6.45) is 6.56. The number of aromatic nitrogens is 1. The summed E-state index contributed by atoms with van der Waals surface area (Å²) in [5.74, 6) is 7.04. The summed E-state index contributed by atoms with van der Waals surface area (Å²) in [6.45, 7) is -0.0756. The van der Waals surface area contributed by atoms with E-state index < -0.39 is 10.1 Å². The van der Waals surface area contributed by atoms with Crippen molar-refractivity contribution in [3.8, 4) is 17.9 Å². The Morgan fingerprint density at radius 2 is 2.04 bits per heavy atom. The molecule has 0 bridgehead atoms. The van der Waals surface area contributed by atoms with Gasteiger partial charge in [0.25, 0.3) is 10.1 Å². The molecule has 6 nitrogen and oxygen atoms in total. The number of rotatable bonds is 4. The SMILES string of the molecule is CN(c1ccc(C#N)cn1)C1CCC(C#CCOS(C)(=O)=O)CC1. The molecule has 0 atom stereocenters. The van der Waals surface area contributed by atoms with Crippen molar-refractivity contribution < 1.29 is 12.6 Å². The fourth-order valence-electron chi connectivity index (χ4n) is 2.78. The molecule has 0 N–H and O–H groups in total. The van der Waals surface area contributed by atoms with Gasteiger partial charge in [0.15, 0.2) is 0 Å². The summed E-state index contributed by atoms with van der Waals surface area (Å²) in [7, 11) is -1.40. The molecule has 1 aliphatic carbocycles. The van der Waals surface area contributed by atoms with Gasteiger partial charge < -0.3 is 4.90 Å². The number of anilines is 1. The van der Waals surface area contributed by atoms with E-state index >= 15 is 0 Å². The second-order valence-electron chi connectivity index (χ2n) is 5.92. The van der Waals surface area contributed by atoms with E-state index in [-0.39, 0.29) is 12.5 Å². The molecule has 1 heterocycles. The number of pyridine rings is 1. The second-order valence-corrected chi connectivity index (χ2v) is 7.56. The lowest BCUT2D eigenvalue weighted by Crippen LogP contribution is -2.35. The van der Waals surface area contributed by atoms with Gasteiger partial charge in [0.2, 0.25) is 0 Å². The minimum Gasteiger partial charge on any atom is -0.357 e. The molecular formula is C17H21N3O3S. The zero-order valence-electron chi connectivity index (χ0n) is 13.9. The zero-order chi connectivity index (χ0) is 17.6. The van der Waals surface area contributed by atoms with Crippen LogP contribution in [0.2, 0.25) is 0 Å². The highest BCUT2D eigenvalue weighted by atomic mass is 32.2. The van der Waals surface area contributed by atoms with Crippen molar-refractivity contribution >= 4 is 15.9 Å². The highest BCUT2D eigenvalue weighted by Gasteiger charge is 2.23. The Hall–Kier alpha value is -2.09. The molecule has 1 saturated carbocycles. The van der Waals surface area contributed by atoms with Crippen LogP contribution in [0, 0.1) is 29.1 Å². The maximum Gasteiger partial charge on any atom is 0.265 e. The van der Waals surface area contributed by atoms with E-state index in [9.17, 15) is 8.42 Å². The standard InChI is InChI=1S/C17H21N3O3S/c1-20(17-10-7-15(12-18)13-19-17)16-8-5-14(6-9-16)4-3-11-23-24(2,21)22/h7,10,13-14,16H,5-6,8-9,11H2,1-2H3. The molecule has 1 aromatic heterocycles. The van der Waals surface area contributed by atoms with E-state index in [0.29, 0.717) is 11.6 Å². The van der Waals surface area contributed by atoms with Crippen molar-refractivity contribution in [1.82, 2.24) is 4.98 Å². The van der Waals surface area contributed by atoms with Crippen molar-refractivity contribution in [1.29, 1.82) is 5.26 Å². The molecule has 7 heteroatoms. The molecule has 24 heavy (non-hydrogen) atoms. The minimum atomic E-state index is -3.42. The third-order valence-corrected chi connectivity index (χ3v) is 4.68. The van der Waals surface area contributed by atoms with Gasteiger partial charge in [0.05, 0.1) is 11.8 Å². The zero-order valence-corrected chi connectivity index (χ0v) is 14.7. The Bertz CT molecular complexity index is 749. The van der Waals surface area contributed by atoms with Gasteiger partial charge >= 0.3 is 0 Å². The summed E-state index contributed by atoms with van der Waals surface area (Å²) in [5, 5.41) is 8.82.